The van der Waals surface area contributed by atoms with Gasteiger partial charge in [-0.05, 0) is 55.3 Å². The van der Waals surface area contributed by atoms with Crippen LogP contribution in [0.5, 0.6) is 0 Å². The van der Waals surface area contributed by atoms with Gasteiger partial charge in [-0.1, -0.05) is 102 Å². The molecule has 0 radical (unpaired) electrons. The second-order valence-corrected chi connectivity index (χ2v) is 12.7. The van der Waals surface area contributed by atoms with Crippen molar-refractivity contribution in [1.29, 1.82) is 0 Å². The molecule has 4 aromatic rings. The molecule has 10 heteroatoms. The Labute approximate surface area is 263 Å². The number of nitrogens with zero attached hydrogens (tertiary/aromatic N) is 2. The lowest BCUT2D eigenvalue weighted by Gasteiger charge is -2.34. The number of aryl methyl sites for hydroxylation is 1. The number of benzene rings is 4. The molecule has 0 saturated carbocycles. The van der Waals surface area contributed by atoms with Crippen LogP contribution in [0.4, 0.5) is 5.69 Å². The molecule has 0 aliphatic heterocycles. The largest absolute Gasteiger partial charge is 0.355 e. The van der Waals surface area contributed by atoms with E-state index >= 15 is 0 Å². The van der Waals surface area contributed by atoms with Gasteiger partial charge in [-0.15, -0.1) is 0 Å². The highest BCUT2D eigenvalue weighted by Crippen LogP contribution is 2.31. The Kier molecular flexibility index (Phi) is 10.9. The molecule has 1 atom stereocenters. The minimum atomic E-state index is -4.22. The molecule has 0 saturated heterocycles. The molecule has 1 unspecified atom stereocenters. The third kappa shape index (κ3) is 8.16. The summed E-state index contributed by atoms with van der Waals surface area (Å²) in [7, 11) is -4.22. The van der Waals surface area contributed by atoms with E-state index in [0.717, 1.165) is 21.0 Å². The fourth-order valence-electron chi connectivity index (χ4n) is 4.62. The Balaban J connectivity index is 1.80. The van der Waals surface area contributed by atoms with Crippen molar-refractivity contribution in [2.75, 3.05) is 17.4 Å². The van der Waals surface area contributed by atoms with Gasteiger partial charge in [0.25, 0.3) is 10.0 Å². The molecule has 2 amide bonds. The number of carbonyl (C=O) groups excluding carboxylic acids is 2. The second-order valence-electron chi connectivity index (χ2n) is 10.0. The first-order valence-corrected chi connectivity index (χ1v) is 16.0. The summed E-state index contributed by atoms with van der Waals surface area (Å²) < 4.78 is 29.0. The molecule has 0 fully saturated rings. The number of likely N-dealkylation sites (N-methyl/N-ethyl adjacent to an activating group) is 1. The zero-order valence-corrected chi connectivity index (χ0v) is 26.2. The molecular formula is C33H33Cl2N3O4S. The highest BCUT2D eigenvalue weighted by atomic mass is 35.5. The molecule has 4 rings (SSSR count). The maximum atomic E-state index is 14.3. The zero-order chi connectivity index (χ0) is 31.0. The van der Waals surface area contributed by atoms with Crippen LogP contribution in [-0.4, -0.2) is 44.3 Å². The predicted octanol–water partition coefficient (Wildman–Crippen LogP) is 6.27. The molecule has 0 heterocycles. The fraction of sp³-hybridized carbons (Fsp3) is 0.212. The van der Waals surface area contributed by atoms with E-state index < -0.39 is 28.5 Å². The SMILES string of the molecule is CCNC(=O)C(Cc1ccccc1)N(Cc1ccc(C)cc1)C(=O)CN(c1ccc(Cl)c(Cl)c1)S(=O)(=O)c1ccccc1. The van der Waals surface area contributed by atoms with Gasteiger partial charge in [0.1, 0.15) is 12.6 Å². The molecule has 0 aliphatic carbocycles. The lowest BCUT2D eigenvalue weighted by molar-refractivity contribution is -0.140. The number of hydrogen-bond acceptors (Lipinski definition) is 4. The first-order valence-electron chi connectivity index (χ1n) is 13.8. The maximum absolute atomic E-state index is 14.3. The van der Waals surface area contributed by atoms with Gasteiger partial charge in [0.2, 0.25) is 11.8 Å². The molecule has 1 N–H and O–H groups in total. The fourth-order valence-corrected chi connectivity index (χ4v) is 6.34. The topological polar surface area (TPSA) is 86.8 Å². The lowest BCUT2D eigenvalue weighted by atomic mass is 10.0. The van der Waals surface area contributed by atoms with Crippen molar-refractivity contribution in [3.63, 3.8) is 0 Å². The molecule has 224 valence electrons. The summed E-state index contributed by atoms with van der Waals surface area (Å²) in [5.74, 6) is -0.892. The Morgan fingerprint density at radius 1 is 0.814 bits per heavy atom. The summed E-state index contributed by atoms with van der Waals surface area (Å²) in [5.41, 5.74) is 2.87. The first-order chi connectivity index (χ1) is 20.6. The number of sulfonamides is 1. The summed E-state index contributed by atoms with van der Waals surface area (Å²) in [4.78, 5) is 29.3. The van der Waals surface area contributed by atoms with E-state index in [-0.39, 0.29) is 39.5 Å². The van der Waals surface area contributed by atoms with Crippen LogP contribution in [0.3, 0.4) is 0 Å². The third-order valence-corrected chi connectivity index (χ3v) is 9.42. The zero-order valence-electron chi connectivity index (χ0n) is 23.9. The van der Waals surface area contributed by atoms with Gasteiger partial charge >= 0.3 is 0 Å². The highest BCUT2D eigenvalue weighted by Gasteiger charge is 2.34. The smallest absolute Gasteiger partial charge is 0.264 e. The van der Waals surface area contributed by atoms with E-state index in [9.17, 15) is 18.0 Å². The van der Waals surface area contributed by atoms with E-state index in [0.29, 0.717) is 6.54 Å². The molecular weight excluding hydrogens is 605 g/mol. The summed E-state index contributed by atoms with van der Waals surface area (Å²) in [5, 5.41) is 3.24. The average Bonchev–Trinajstić information content (AvgIpc) is 3.01. The molecule has 0 aliphatic rings. The number of nitrogens with one attached hydrogen (secondary N) is 1. The maximum Gasteiger partial charge on any atom is 0.264 e. The standard InChI is InChI=1S/C33H33Cl2N3O4S/c1-3-36-33(40)31(20-25-10-6-4-7-11-25)37(22-26-16-14-24(2)15-17-26)32(39)23-38(27-18-19-29(34)30(35)21-27)43(41,42)28-12-8-5-9-13-28/h4-19,21,31H,3,20,22-23H2,1-2H3,(H,36,40). The molecule has 0 spiro atoms. The Hall–Kier alpha value is -3.85. The van der Waals surface area contributed by atoms with Gasteiger partial charge in [-0.25, -0.2) is 8.42 Å². The number of amides is 2. The quantitative estimate of drug-likeness (QED) is 0.198. The van der Waals surface area contributed by atoms with E-state index in [1.54, 1.807) is 18.2 Å². The highest BCUT2D eigenvalue weighted by molar-refractivity contribution is 7.92. The monoisotopic (exact) mass is 637 g/mol. The summed E-state index contributed by atoms with van der Waals surface area (Å²) >= 11 is 12.4. The number of anilines is 1. The summed E-state index contributed by atoms with van der Waals surface area (Å²) in [6.07, 6.45) is 0.239. The second kappa shape index (κ2) is 14.6. The van der Waals surface area contributed by atoms with Crippen LogP contribution in [0.1, 0.15) is 23.6 Å². The van der Waals surface area contributed by atoms with E-state index in [1.165, 1.54) is 35.2 Å². The van der Waals surface area contributed by atoms with Crippen LogP contribution in [0.25, 0.3) is 0 Å². The Morgan fingerprint density at radius 2 is 1.44 bits per heavy atom. The minimum absolute atomic E-state index is 0.00326. The predicted molar refractivity (Wildman–Crippen MR) is 172 cm³/mol. The summed E-state index contributed by atoms with van der Waals surface area (Å²) in [6.45, 7) is 3.65. The van der Waals surface area contributed by atoms with Crippen LogP contribution >= 0.6 is 23.2 Å². The molecule has 43 heavy (non-hydrogen) atoms. The van der Waals surface area contributed by atoms with Gasteiger partial charge in [-0.3, -0.25) is 13.9 Å². The Bertz CT molecular complexity index is 1650. The number of hydrogen-bond donors (Lipinski definition) is 1. The molecule has 7 nitrogen and oxygen atoms in total. The minimum Gasteiger partial charge on any atom is -0.355 e. The van der Waals surface area contributed by atoms with Crippen molar-refractivity contribution in [3.8, 4) is 0 Å². The van der Waals surface area contributed by atoms with Crippen molar-refractivity contribution in [2.45, 2.75) is 37.8 Å². The normalized spacial score (nSPS) is 11.9. The van der Waals surface area contributed by atoms with Gasteiger partial charge in [0, 0.05) is 19.5 Å². The van der Waals surface area contributed by atoms with Gasteiger partial charge in [-0.2, -0.15) is 0 Å². The Morgan fingerprint density at radius 3 is 2.05 bits per heavy atom. The van der Waals surface area contributed by atoms with Crippen LogP contribution < -0.4 is 9.62 Å². The van der Waals surface area contributed by atoms with Crippen LogP contribution in [0.15, 0.2) is 108 Å². The van der Waals surface area contributed by atoms with Crippen molar-refractivity contribution in [3.05, 3.63) is 130 Å². The van der Waals surface area contributed by atoms with E-state index in [4.69, 9.17) is 23.2 Å². The number of rotatable bonds is 12. The molecule has 0 bridgehead atoms. The molecule has 4 aromatic carbocycles. The first kappa shape index (κ1) is 32.1. The van der Waals surface area contributed by atoms with Crippen molar-refractivity contribution in [1.82, 2.24) is 10.2 Å². The van der Waals surface area contributed by atoms with Crippen LogP contribution in [0, 0.1) is 6.92 Å². The lowest BCUT2D eigenvalue weighted by Crippen LogP contribution is -2.53. The van der Waals surface area contributed by atoms with Crippen molar-refractivity contribution >= 4 is 50.7 Å². The van der Waals surface area contributed by atoms with Crippen molar-refractivity contribution < 1.29 is 18.0 Å². The number of halogens is 2. The van der Waals surface area contributed by atoms with Crippen LogP contribution in [0.2, 0.25) is 10.0 Å². The van der Waals surface area contributed by atoms with Crippen molar-refractivity contribution in [2.24, 2.45) is 0 Å². The van der Waals surface area contributed by atoms with Gasteiger partial charge in [0.15, 0.2) is 0 Å². The van der Waals surface area contributed by atoms with E-state index in [1.807, 2.05) is 68.4 Å². The number of carbonyl (C=O) groups is 2. The average molecular weight is 639 g/mol. The van der Waals surface area contributed by atoms with Gasteiger partial charge < -0.3 is 10.2 Å². The molecule has 0 aromatic heterocycles. The van der Waals surface area contributed by atoms with E-state index in [2.05, 4.69) is 5.32 Å². The summed E-state index contributed by atoms with van der Waals surface area (Å²) in [6, 6.07) is 28.4. The van der Waals surface area contributed by atoms with Crippen LogP contribution in [-0.2, 0) is 32.6 Å². The third-order valence-electron chi connectivity index (χ3n) is 6.90. The van der Waals surface area contributed by atoms with Gasteiger partial charge in [0.05, 0.1) is 20.6 Å².